The maximum Gasteiger partial charge on any atom is 0.274 e. The van der Waals surface area contributed by atoms with E-state index in [1.54, 1.807) is 11.5 Å². The number of hydrogen-bond acceptors (Lipinski definition) is 3. The van der Waals surface area contributed by atoms with Gasteiger partial charge in [-0.15, -0.1) is 0 Å². The van der Waals surface area contributed by atoms with E-state index in [4.69, 9.17) is 5.21 Å². The van der Waals surface area contributed by atoms with Crippen LogP contribution >= 0.6 is 0 Å². The number of rotatable bonds is 1. The molecule has 0 unspecified atom stereocenters. The first-order valence-electron chi connectivity index (χ1n) is 6.54. The summed E-state index contributed by atoms with van der Waals surface area (Å²) in [4.78, 5) is 13.7. The van der Waals surface area contributed by atoms with Gasteiger partial charge in [-0.05, 0) is 50.4 Å². The van der Waals surface area contributed by atoms with Crippen LogP contribution in [0.1, 0.15) is 41.3 Å². The van der Waals surface area contributed by atoms with Crippen molar-refractivity contribution in [2.24, 2.45) is 0 Å². The first-order valence-corrected chi connectivity index (χ1v) is 6.54. The van der Waals surface area contributed by atoms with Gasteiger partial charge in [-0.3, -0.25) is 14.9 Å². The highest BCUT2D eigenvalue weighted by Gasteiger charge is 2.41. The van der Waals surface area contributed by atoms with E-state index >= 15 is 0 Å². The Kier molecular flexibility index (Phi) is 2.83. The van der Waals surface area contributed by atoms with Crippen molar-refractivity contribution < 1.29 is 14.4 Å². The number of hydrogen-bond donors (Lipinski definition) is 2. The fraction of sp³-hybridized carbons (Fsp3) is 0.500. The third-order valence-corrected chi connectivity index (χ3v) is 4.48. The Morgan fingerprint density at radius 2 is 2.32 bits per heavy atom. The van der Waals surface area contributed by atoms with Gasteiger partial charge in [0.15, 0.2) is 0 Å². The number of hydroxylamine groups is 1. The molecule has 102 valence electrons. The highest BCUT2D eigenvalue weighted by atomic mass is 19.1. The number of halogens is 1. The standard InChI is InChI=1S/C14H17FN2O2/c1-14-3-2-4-17(14)8-11-10(7-14)5-9(6-12(11)15)13(18)16-19/h5-6,19H,2-4,7-8H2,1H3,(H,16,18)/t14-/m0/s1. The lowest BCUT2D eigenvalue weighted by Gasteiger charge is -2.40. The van der Waals surface area contributed by atoms with Gasteiger partial charge >= 0.3 is 0 Å². The summed E-state index contributed by atoms with van der Waals surface area (Å²) in [6.07, 6.45) is 2.99. The van der Waals surface area contributed by atoms with Crippen molar-refractivity contribution in [1.29, 1.82) is 0 Å². The lowest BCUT2D eigenvalue weighted by atomic mass is 9.83. The molecule has 1 aromatic rings. The normalized spacial score (nSPS) is 25.8. The zero-order chi connectivity index (χ0) is 13.6. The van der Waals surface area contributed by atoms with Crippen LogP contribution in [-0.2, 0) is 13.0 Å². The molecule has 2 aliphatic rings. The Bertz CT molecular complexity index is 546. The maximum atomic E-state index is 14.1. The van der Waals surface area contributed by atoms with Gasteiger partial charge in [-0.25, -0.2) is 9.87 Å². The Labute approximate surface area is 111 Å². The molecular formula is C14H17FN2O2. The van der Waals surface area contributed by atoms with Gasteiger partial charge in [0.1, 0.15) is 5.82 Å². The Morgan fingerprint density at radius 1 is 1.53 bits per heavy atom. The van der Waals surface area contributed by atoms with Gasteiger partial charge in [0.25, 0.3) is 5.91 Å². The molecule has 3 rings (SSSR count). The minimum atomic E-state index is -0.666. The predicted molar refractivity (Wildman–Crippen MR) is 67.4 cm³/mol. The molecule has 0 aromatic heterocycles. The average Bonchev–Trinajstić information content (AvgIpc) is 2.75. The van der Waals surface area contributed by atoms with Crippen LogP contribution in [0.5, 0.6) is 0 Å². The van der Waals surface area contributed by atoms with Gasteiger partial charge in [-0.2, -0.15) is 0 Å². The molecule has 1 amide bonds. The molecule has 1 fully saturated rings. The van der Waals surface area contributed by atoms with Crippen molar-refractivity contribution in [2.45, 2.75) is 38.3 Å². The van der Waals surface area contributed by atoms with E-state index in [1.807, 2.05) is 0 Å². The van der Waals surface area contributed by atoms with Crippen LogP contribution in [0.15, 0.2) is 12.1 Å². The van der Waals surface area contributed by atoms with Crippen LogP contribution < -0.4 is 5.48 Å². The molecule has 4 nitrogen and oxygen atoms in total. The largest absolute Gasteiger partial charge is 0.293 e. The van der Waals surface area contributed by atoms with E-state index in [0.29, 0.717) is 12.1 Å². The maximum absolute atomic E-state index is 14.1. The number of benzene rings is 1. The molecular weight excluding hydrogens is 247 g/mol. The SMILES string of the molecule is C[C@@]12CCCN1Cc1c(F)cc(C(=O)NO)cc1C2. The van der Waals surface area contributed by atoms with Gasteiger partial charge in [-0.1, -0.05) is 0 Å². The molecule has 5 heteroatoms. The first kappa shape index (κ1) is 12.6. The fourth-order valence-corrected chi connectivity index (χ4v) is 3.37. The molecule has 19 heavy (non-hydrogen) atoms. The lowest BCUT2D eigenvalue weighted by Crippen LogP contribution is -2.46. The van der Waals surface area contributed by atoms with Crippen LogP contribution in [-0.4, -0.2) is 28.1 Å². The topological polar surface area (TPSA) is 52.6 Å². The average molecular weight is 264 g/mol. The first-order chi connectivity index (χ1) is 9.03. The molecule has 2 heterocycles. The summed E-state index contributed by atoms with van der Waals surface area (Å²) in [6, 6.07) is 2.90. The van der Waals surface area contributed by atoms with E-state index in [2.05, 4.69) is 11.8 Å². The predicted octanol–water partition coefficient (Wildman–Crippen LogP) is 1.86. The van der Waals surface area contributed by atoms with Crippen LogP contribution in [0.25, 0.3) is 0 Å². The highest BCUT2D eigenvalue weighted by molar-refractivity contribution is 5.93. The summed E-state index contributed by atoms with van der Waals surface area (Å²) >= 11 is 0. The molecule has 0 saturated carbocycles. The number of nitrogens with zero attached hydrogens (tertiary/aromatic N) is 1. The van der Waals surface area contributed by atoms with E-state index < -0.39 is 5.91 Å². The van der Waals surface area contributed by atoms with Crippen LogP contribution in [0.3, 0.4) is 0 Å². The van der Waals surface area contributed by atoms with Gasteiger partial charge < -0.3 is 0 Å². The van der Waals surface area contributed by atoms with Gasteiger partial charge in [0.2, 0.25) is 0 Å². The van der Waals surface area contributed by atoms with Crippen LogP contribution in [0.2, 0.25) is 0 Å². The second-order valence-corrected chi connectivity index (χ2v) is 5.74. The van der Waals surface area contributed by atoms with Crippen LogP contribution in [0.4, 0.5) is 4.39 Å². The number of carbonyl (C=O) groups is 1. The fourth-order valence-electron chi connectivity index (χ4n) is 3.37. The molecule has 2 N–H and O–H groups in total. The van der Waals surface area contributed by atoms with Gasteiger partial charge in [0.05, 0.1) is 0 Å². The number of amides is 1. The molecule has 1 atom stereocenters. The molecule has 0 radical (unpaired) electrons. The molecule has 0 aliphatic carbocycles. The smallest absolute Gasteiger partial charge is 0.274 e. The van der Waals surface area contributed by atoms with Gasteiger partial charge in [0, 0.05) is 23.2 Å². The zero-order valence-corrected chi connectivity index (χ0v) is 10.9. The van der Waals surface area contributed by atoms with E-state index in [0.717, 1.165) is 31.4 Å². The number of fused-ring (bicyclic) bond motifs is 2. The highest BCUT2D eigenvalue weighted by Crippen LogP contribution is 2.39. The molecule has 2 aliphatic heterocycles. The Morgan fingerprint density at radius 3 is 3.05 bits per heavy atom. The zero-order valence-electron chi connectivity index (χ0n) is 10.9. The summed E-state index contributed by atoms with van der Waals surface area (Å²) < 4.78 is 14.1. The summed E-state index contributed by atoms with van der Waals surface area (Å²) in [6.45, 7) is 3.81. The third kappa shape index (κ3) is 1.93. The molecule has 0 bridgehead atoms. The summed E-state index contributed by atoms with van der Waals surface area (Å²) in [5.41, 5.74) is 3.38. The van der Waals surface area contributed by atoms with Crippen molar-refractivity contribution in [3.63, 3.8) is 0 Å². The number of nitrogens with one attached hydrogen (secondary N) is 1. The van der Waals surface area contributed by atoms with Crippen molar-refractivity contribution >= 4 is 5.91 Å². The number of carbonyl (C=O) groups excluding carboxylic acids is 1. The van der Waals surface area contributed by atoms with E-state index in [9.17, 15) is 9.18 Å². The summed E-state index contributed by atoms with van der Waals surface area (Å²) in [7, 11) is 0. The van der Waals surface area contributed by atoms with Crippen molar-refractivity contribution in [3.8, 4) is 0 Å². The van der Waals surface area contributed by atoms with E-state index in [1.165, 1.54) is 6.07 Å². The Balaban J connectivity index is 2.03. The molecule has 1 aromatic carbocycles. The second-order valence-electron chi connectivity index (χ2n) is 5.74. The third-order valence-electron chi connectivity index (χ3n) is 4.48. The lowest BCUT2D eigenvalue weighted by molar-refractivity contribution is 0.0705. The van der Waals surface area contributed by atoms with Crippen LogP contribution in [0, 0.1) is 5.82 Å². The summed E-state index contributed by atoms with van der Waals surface area (Å²) in [5, 5.41) is 8.65. The Hall–Kier alpha value is -1.46. The van der Waals surface area contributed by atoms with E-state index in [-0.39, 0.29) is 16.9 Å². The monoisotopic (exact) mass is 264 g/mol. The van der Waals surface area contributed by atoms with Crippen molar-refractivity contribution in [2.75, 3.05) is 6.54 Å². The minimum absolute atomic E-state index is 0.0771. The second kappa shape index (κ2) is 4.28. The summed E-state index contributed by atoms with van der Waals surface area (Å²) in [5.74, 6) is -1.02. The molecule has 1 saturated heterocycles. The minimum Gasteiger partial charge on any atom is -0.293 e. The van der Waals surface area contributed by atoms with Crippen molar-refractivity contribution in [3.05, 3.63) is 34.6 Å². The molecule has 0 spiro atoms. The quantitative estimate of drug-likeness (QED) is 0.601. The van der Waals surface area contributed by atoms with Crippen molar-refractivity contribution in [1.82, 2.24) is 10.4 Å².